The molecule has 1 heterocycles. The third kappa shape index (κ3) is 3.37. The second-order valence-electron chi connectivity index (χ2n) is 5.66. The van der Waals surface area contributed by atoms with Crippen LogP contribution in [0.5, 0.6) is 11.5 Å². The molecule has 0 unspecified atom stereocenters. The second kappa shape index (κ2) is 7.28. The number of benzene rings is 2. The van der Waals surface area contributed by atoms with Gasteiger partial charge in [0.15, 0.2) is 5.78 Å². The number of hydrogen-bond donors (Lipinski definition) is 0. The lowest BCUT2D eigenvalue weighted by Gasteiger charge is -2.15. The molecule has 2 aromatic carbocycles. The number of carbonyl (C=O) groups excluding carboxylic acids is 4. The summed E-state index contributed by atoms with van der Waals surface area (Å²) in [6, 6.07) is 11.5. The molecule has 1 fully saturated rings. The van der Waals surface area contributed by atoms with Crippen molar-refractivity contribution in [2.75, 3.05) is 25.7 Å². The van der Waals surface area contributed by atoms with Crippen LogP contribution in [-0.2, 0) is 9.59 Å². The van der Waals surface area contributed by atoms with Crippen LogP contribution in [0, 0.1) is 0 Å². The number of imide groups is 2. The molecule has 4 amide bonds. The number of methoxy groups -OCH3 is 2. The Kier molecular flexibility index (Phi) is 4.89. The largest absolute Gasteiger partial charge is 0.497 e. The zero-order valence-electron chi connectivity index (χ0n) is 14.7. The number of hydrogen-bond acceptors (Lipinski definition) is 6. The third-order valence-electron chi connectivity index (χ3n) is 4.10. The second-order valence-corrected chi connectivity index (χ2v) is 5.66. The molecule has 0 aliphatic carbocycles. The van der Waals surface area contributed by atoms with E-state index in [0.717, 1.165) is 4.90 Å². The van der Waals surface area contributed by atoms with Gasteiger partial charge in [0, 0.05) is 5.56 Å². The van der Waals surface area contributed by atoms with Crippen molar-refractivity contribution in [1.82, 2.24) is 4.90 Å². The summed E-state index contributed by atoms with van der Waals surface area (Å²) >= 11 is 0. The summed E-state index contributed by atoms with van der Waals surface area (Å²) in [7, 11) is 2.98. The molecule has 0 atom stereocenters. The maximum absolute atomic E-state index is 12.6. The molecular formula is C19H16N2O6. The van der Waals surface area contributed by atoms with Crippen molar-refractivity contribution in [2.45, 2.75) is 0 Å². The monoisotopic (exact) mass is 368 g/mol. The topological polar surface area (TPSA) is 93.2 Å². The highest BCUT2D eigenvalue weighted by Crippen LogP contribution is 2.25. The van der Waals surface area contributed by atoms with Crippen LogP contribution in [0.2, 0.25) is 0 Å². The van der Waals surface area contributed by atoms with Crippen molar-refractivity contribution in [3.63, 3.8) is 0 Å². The number of carbonyl (C=O) groups is 4. The molecule has 1 saturated heterocycles. The van der Waals surface area contributed by atoms with Gasteiger partial charge in [-0.15, -0.1) is 0 Å². The van der Waals surface area contributed by atoms with E-state index < -0.39 is 30.2 Å². The number of amides is 4. The molecule has 138 valence electrons. The zero-order valence-corrected chi connectivity index (χ0v) is 14.7. The lowest BCUT2D eigenvalue weighted by molar-refractivity contribution is -0.139. The van der Waals surface area contributed by atoms with E-state index in [4.69, 9.17) is 9.47 Å². The Hall–Kier alpha value is -3.68. The molecular weight excluding hydrogens is 352 g/mol. The van der Waals surface area contributed by atoms with Crippen LogP contribution in [0.1, 0.15) is 10.4 Å². The molecule has 1 aliphatic heterocycles. The Labute approximate surface area is 154 Å². The van der Waals surface area contributed by atoms with Crippen LogP contribution in [0.25, 0.3) is 0 Å². The highest BCUT2D eigenvalue weighted by Gasteiger charge is 2.46. The Morgan fingerprint density at radius 2 is 1.33 bits per heavy atom. The number of ether oxygens (including phenoxy) is 2. The molecule has 0 spiro atoms. The number of urea groups is 1. The summed E-state index contributed by atoms with van der Waals surface area (Å²) in [6.07, 6.45) is 0. The summed E-state index contributed by atoms with van der Waals surface area (Å²) in [4.78, 5) is 50.8. The van der Waals surface area contributed by atoms with E-state index >= 15 is 0 Å². The van der Waals surface area contributed by atoms with E-state index in [1.807, 2.05) is 0 Å². The summed E-state index contributed by atoms with van der Waals surface area (Å²) in [6.45, 7) is -0.525. The minimum Gasteiger partial charge on any atom is -0.497 e. The summed E-state index contributed by atoms with van der Waals surface area (Å²) in [5.74, 6) is -1.41. The molecule has 3 rings (SSSR count). The number of rotatable bonds is 6. The van der Waals surface area contributed by atoms with Gasteiger partial charge in [-0.3, -0.25) is 14.4 Å². The molecule has 0 radical (unpaired) electrons. The van der Waals surface area contributed by atoms with Crippen molar-refractivity contribution in [2.24, 2.45) is 0 Å². The van der Waals surface area contributed by atoms with Gasteiger partial charge in [-0.05, 0) is 48.5 Å². The molecule has 27 heavy (non-hydrogen) atoms. The van der Waals surface area contributed by atoms with E-state index in [9.17, 15) is 19.2 Å². The van der Waals surface area contributed by atoms with Gasteiger partial charge in [-0.25, -0.2) is 14.6 Å². The summed E-state index contributed by atoms with van der Waals surface area (Å²) in [5.41, 5.74) is 0.519. The lowest BCUT2D eigenvalue weighted by atomic mass is 10.1. The Balaban J connectivity index is 1.79. The van der Waals surface area contributed by atoms with Gasteiger partial charge in [-0.1, -0.05) is 0 Å². The van der Waals surface area contributed by atoms with Crippen LogP contribution in [0.3, 0.4) is 0 Å². The zero-order chi connectivity index (χ0) is 19.6. The summed E-state index contributed by atoms with van der Waals surface area (Å²) < 4.78 is 10.0. The Morgan fingerprint density at radius 3 is 1.85 bits per heavy atom. The SMILES string of the molecule is COc1ccc(C(=O)CN2C(=O)C(=O)N(c3ccc(OC)cc3)C2=O)cc1. The van der Waals surface area contributed by atoms with E-state index in [1.54, 1.807) is 24.3 Å². The minimum absolute atomic E-state index is 0.221. The highest BCUT2D eigenvalue weighted by molar-refractivity contribution is 6.53. The molecule has 0 aromatic heterocycles. The lowest BCUT2D eigenvalue weighted by Crippen LogP contribution is -2.37. The van der Waals surface area contributed by atoms with Crippen LogP contribution >= 0.6 is 0 Å². The van der Waals surface area contributed by atoms with E-state index in [-0.39, 0.29) is 5.69 Å². The van der Waals surface area contributed by atoms with Crippen LogP contribution < -0.4 is 14.4 Å². The molecule has 1 aliphatic rings. The Bertz CT molecular complexity index is 905. The van der Waals surface area contributed by atoms with Crippen molar-refractivity contribution in [3.05, 3.63) is 54.1 Å². The van der Waals surface area contributed by atoms with Crippen LogP contribution in [0.4, 0.5) is 10.5 Å². The van der Waals surface area contributed by atoms with Gasteiger partial charge >= 0.3 is 17.8 Å². The van der Waals surface area contributed by atoms with Gasteiger partial charge in [-0.2, -0.15) is 0 Å². The smallest absolute Gasteiger partial charge is 0.339 e. The first-order valence-electron chi connectivity index (χ1n) is 7.97. The van der Waals surface area contributed by atoms with Gasteiger partial charge in [0.05, 0.1) is 26.5 Å². The first kappa shape index (κ1) is 18.1. The molecule has 0 saturated carbocycles. The van der Waals surface area contributed by atoms with Crippen LogP contribution in [-0.4, -0.2) is 49.3 Å². The van der Waals surface area contributed by atoms with Crippen molar-refractivity contribution >= 4 is 29.3 Å². The Morgan fingerprint density at radius 1 is 0.815 bits per heavy atom. The van der Waals surface area contributed by atoms with E-state index in [2.05, 4.69) is 0 Å². The van der Waals surface area contributed by atoms with Crippen molar-refractivity contribution in [1.29, 1.82) is 0 Å². The molecule has 0 bridgehead atoms. The number of Topliss-reactive ketones (excluding diaryl/α,β-unsaturated/α-hetero) is 1. The van der Waals surface area contributed by atoms with Gasteiger partial charge in [0.1, 0.15) is 11.5 Å². The normalized spacial score (nSPS) is 13.9. The van der Waals surface area contributed by atoms with Gasteiger partial charge < -0.3 is 9.47 Å². The third-order valence-corrected chi connectivity index (χ3v) is 4.10. The van der Waals surface area contributed by atoms with E-state index in [0.29, 0.717) is 22.0 Å². The maximum Gasteiger partial charge on any atom is 0.339 e. The summed E-state index contributed by atoms with van der Waals surface area (Å²) in [5, 5.41) is 0. The first-order chi connectivity index (χ1) is 13.0. The van der Waals surface area contributed by atoms with E-state index in [1.165, 1.54) is 38.5 Å². The van der Waals surface area contributed by atoms with Crippen molar-refractivity contribution in [3.8, 4) is 11.5 Å². The fourth-order valence-electron chi connectivity index (χ4n) is 2.62. The average Bonchev–Trinajstić information content (AvgIpc) is 2.91. The minimum atomic E-state index is -1.04. The van der Waals surface area contributed by atoms with Crippen LogP contribution in [0.15, 0.2) is 48.5 Å². The number of nitrogens with zero attached hydrogens (tertiary/aromatic N) is 2. The van der Waals surface area contributed by atoms with Gasteiger partial charge in [0.2, 0.25) is 0 Å². The molecule has 8 heteroatoms. The molecule has 2 aromatic rings. The average molecular weight is 368 g/mol. The van der Waals surface area contributed by atoms with Gasteiger partial charge in [0.25, 0.3) is 0 Å². The molecule has 8 nitrogen and oxygen atoms in total. The fourth-order valence-corrected chi connectivity index (χ4v) is 2.62. The predicted molar refractivity (Wildman–Crippen MR) is 94.9 cm³/mol. The van der Waals surface area contributed by atoms with Crippen molar-refractivity contribution < 1.29 is 28.7 Å². The first-order valence-corrected chi connectivity index (χ1v) is 7.97. The number of ketones is 1. The maximum atomic E-state index is 12.6. The predicted octanol–water partition coefficient (Wildman–Crippen LogP) is 1.88. The fraction of sp³-hybridized carbons (Fsp3) is 0.158. The standard InChI is InChI=1S/C19H16N2O6/c1-26-14-7-3-12(4-8-14)16(22)11-20-17(23)18(24)21(19(20)25)13-5-9-15(27-2)10-6-13/h3-10H,11H2,1-2H3. The molecule has 0 N–H and O–H groups in total. The number of anilines is 1. The highest BCUT2D eigenvalue weighted by atomic mass is 16.5. The quantitative estimate of drug-likeness (QED) is 0.439.